The molecule has 0 bridgehead atoms. The monoisotopic (exact) mass is 196 g/mol. The fraction of sp³-hybridized carbons (Fsp3) is 0.0769. The Hall–Kier alpha value is -1.89. The lowest BCUT2D eigenvalue weighted by atomic mass is 10.0. The molecule has 0 aromatic heterocycles. The standard InChI is InChI=1S/C13H10NO/c15-11-6-5-9-3-4-10-2-1-7-14-13(10)12(9)8-11/h1-8,11,15H/q+1/t11-/m0/s1. The summed E-state index contributed by atoms with van der Waals surface area (Å²) in [7, 11) is 0. The number of allylic oxidation sites excluding steroid dienone is 1. The first-order valence-electron chi connectivity index (χ1n) is 4.93. The van der Waals surface area contributed by atoms with Gasteiger partial charge in [0, 0.05) is 6.08 Å². The molecule has 72 valence electrons. The summed E-state index contributed by atoms with van der Waals surface area (Å²) >= 11 is 0. The minimum absolute atomic E-state index is 0.495. The molecule has 0 radical (unpaired) electrons. The first kappa shape index (κ1) is 8.42. The van der Waals surface area contributed by atoms with Crippen LogP contribution in [0.2, 0.25) is 0 Å². The normalized spacial score (nSPS) is 20.2. The molecule has 3 rings (SSSR count). The van der Waals surface area contributed by atoms with Crippen molar-refractivity contribution in [3.05, 3.63) is 46.0 Å². The van der Waals surface area contributed by atoms with Crippen LogP contribution in [-0.2, 0) is 0 Å². The van der Waals surface area contributed by atoms with Crippen LogP contribution in [0.1, 0.15) is 11.1 Å². The number of aliphatic hydroxyl groups excluding tert-OH is 1. The minimum atomic E-state index is -0.495. The molecule has 2 nitrogen and oxygen atoms in total. The lowest BCUT2D eigenvalue weighted by molar-refractivity contribution is 0.286. The third-order valence-corrected chi connectivity index (χ3v) is 2.66. The number of hydrogen-bond acceptors (Lipinski definition) is 1. The maximum Gasteiger partial charge on any atom is 0.341 e. The molecule has 1 heterocycles. The van der Waals surface area contributed by atoms with Crippen molar-refractivity contribution in [1.82, 2.24) is 4.67 Å². The summed E-state index contributed by atoms with van der Waals surface area (Å²) in [4.78, 5) is 0. The molecule has 1 N–H and O–H groups in total. The minimum Gasteiger partial charge on any atom is -0.385 e. The first-order valence-corrected chi connectivity index (χ1v) is 4.93. The zero-order valence-corrected chi connectivity index (χ0v) is 8.09. The molecule has 2 aliphatic rings. The van der Waals surface area contributed by atoms with E-state index in [-0.39, 0.29) is 0 Å². The SMILES string of the molecule is O[C@H]1C=Cc2ccc3c(c2=C1)=[N+]=CC=C3. The molecular weight excluding hydrogens is 186 g/mol. The first-order chi connectivity index (χ1) is 7.34. The summed E-state index contributed by atoms with van der Waals surface area (Å²) in [6, 6.07) is 4.11. The molecule has 2 heteroatoms. The van der Waals surface area contributed by atoms with Gasteiger partial charge in [-0.2, -0.15) is 0 Å². The highest BCUT2D eigenvalue weighted by molar-refractivity contribution is 5.79. The Balaban J connectivity index is 2.50. The molecule has 0 spiro atoms. The molecule has 1 aromatic rings. The van der Waals surface area contributed by atoms with Crippen molar-refractivity contribution in [3.8, 4) is 0 Å². The predicted octanol–water partition coefficient (Wildman–Crippen LogP) is -0.361. The van der Waals surface area contributed by atoms with E-state index in [0.717, 1.165) is 21.7 Å². The van der Waals surface area contributed by atoms with E-state index in [2.05, 4.69) is 16.8 Å². The third kappa shape index (κ3) is 1.28. The number of nitrogens with zero attached hydrogens (tertiary/aromatic N) is 1. The van der Waals surface area contributed by atoms with Crippen LogP contribution in [0, 0.1) is 0 Å². The van der Waals surface area contributed by atoms with Gasteiger partial charge < -0.3 is 5.11 Å². The lowest BCUT2D eigenvalue weighted by Gasteiger charge is -2.05. The Labute approximate surface area is 86.9 Å². The van der Waals surface area contributed by atoms with Gasteiger partial charge in [-0.25, -0.2) is 0 Å². The van der Waals surface area contributed by atoms with Crippen LogP contribution in [0.3, 0.4) is 0 Å². The Morgan fingerprint density at radius 1 is 1.13 bits per heavy atom. The van der Waals surface area contributed by atoms with Gasteiger partial charge in [0.25, 0.3) is 6.21 Å². The van der Waals surface area contributed by atoms with Gasteiger partial charge in [0.05, 0.1) is 16.9 Å². The van der Waals surface area contributed by atoms with Crippen molar-refractivity contribution >= 4 is 24.4 Å². The van der Waals surface area contributed by atoms with Crippen LogP contribution in [0.4, 0.5) is 0 Å². The van der Waals surface area contributed by atoms with Gasteiger partial charge >= 0.3 is 5.36 Å². The topological polar surface area (TPSA) is 34.3 Å². The number of hydrogen-bond donors (Lipinski definition) is 1. The van der Waals surface area contributed by atoms with Gasteiger partial charge in [-0.3, -0.25) is 0 Å². The Morgan fingerprint density at radius 2 is 2.00 bits per heavy atom. The van der Waals surface area contributed by atoms with Gasteiger partial charge in [-0.05, 0) is 23.8 Å². The van der Waals surface area contributed by atoms with E-state index < -0.39 is 6.10 Å². The van der Waals surface area contributed by atoms with Crippen LogP contribution in [0.25, 0.3) is 18.2 Å². The number of fused-ring (bicyclic) bond motifs is 3. The van der Waals surface area contributed by atoms with E-state index in [4.69, 9.17) is 0 Å². The van der Waals surface area contributed by atoms with E-state index in [0.29, 0.717) is 0 Å². The Bertz CT molecular complexity index is 631. The van der Waals surface area contributed by atoms with Crippen LogP contribution >= 0.6 is 0 Å². The fourth-order valence-electron chi connectivity index (χ4n) is 1.93. The zero-order valence-electron chi connectivity index (χ0n) is 8.09. The van der Waals surface area contributed by atoms with Crippen molar-refractivity contribution in [2.45, 2.75) is 6.10 Å². The van der Waals surface area contributed by atoms with Crippen LogP contribution in [0.5, 0.6) is 0 Å². The van der Waals surface area contributed by atoms with Crippen LogP contribution in [0.15, 0.2) is 24.3 Å². The van der Waals surface area contributed by atoms with Crippen molar-refractivity contribution in [1.29, 1.82) is 0 Å². The zero-order chi connectivity index (χ0) is 10.3. The molecule has 1 aromatic carbocycles. The fourth-order valence-corrected chi connectivity index (χ4v) is 1.93. The van der Waals surface area contributed by atoms with E-state index >= 15 is 0 Å². The smallest absolute Gasteiger partial charge is 0.341 e. The summed E-state index contributed by atoms with van der Waals surface area (Å²) in [5, 5.41) is 11.5. The summed E-state index contributed by atoms with van der Waals surface area (Å²) < 4.78 is 4.35. The van der Waals surface area contributed by atoms with Crippen molar-refractivity contribution in [3.63, 3.8) is 0 Å². The molecule has 15 heavy (non-hydrogen) atoms. The highest BCUT2D eigenvalue weighted by Crippen LogP contribution is 2.04. The van der Waals surface area contributed by atoms with Crippen molar-refractivity contribution < 1.29 is 5.11 Å². The predicted molar refractivity (Wildman–Crippen MR) is 61.5 cm³/mol. The maximum absolute atomic E-state index is 9.55. The summed E-state index contributed by atoms with van der Waals surface area (Å²) in [5.74, 6) is 0. The van der Waals surface area contributed by atoms with Crippen LogP contribution < -0.4 is 15.2 Å². The molecule has 0 saturated carbocycles. The third-order valence-electron chi connectivity index (χ3n) is 2.66. The van der Waals surface area contributed by atoms with E-state index in [1.807, 2.05) is 24.3 Å². The average Bonchev–Trinajstić information content (AvgIpc) is 2.29. The Morgan fingerprint density at radius 3 is 2.93 bits per heavy atom. The largest absolute Gasteiger partial charge is 0.385 e. The number of benzene rings is 1. The summed E-state index contributed by atoms with van der Waals surface area (Å²) in [5.41, 5.74) is 2.22. The van der Waals surface area contributed by atoms with Crippen molar-refractivity contribution in [2.75, 3.05) is 0 Å². The highest BCUT2D eigenvalue weighted by Gasteiger charge is 2.12. The second-order valence-corrected chi connectivity index (χ2v) is 3.66. The van der Waals surface area contributed by atoms with Gasteiger partial charge in [-0.15, -0.1) is 0 Å². The van der Waals surface area contributed by atoms with Gasteiger partial charge in [0.15, 0.2) is 0 Å². The molecule has 0 unspecified atom stereocenters. The molecular formula is C13H10NO+. The molecule has 0 amide bonds. The van der Waals surface area contributed by atoms with Gasteiger partial charge in [0.1, 0.15) is 0 Å². The van der Waals surface area contributed by atoms with E-state index in [1.165, 1.54) is 0 Å². The summed E-state index contributed by atoms with van der Waals surface area (Å²) in [6.07, 6.45) is 10.8. The molecule has 0 fully saturated rings. The average molecular weight is 196 g/mol. The van der Waals surface area contributed by atoms with E-state index in [1.54, 1.807) is 12.3 Å². The molecule has 1 aliphatic heterocycles. The van der Waals surface area contributed by atoms with Gasteiger partial charge in [-0.1, -0.05) is 22.9 Å². The lowest BCUT2D eigenvalue weighted by Crippen LogP contribution is -2.36. The molecule has 0 saturated heterocycles. The Kier molecular flexibility index (Phi) is 1.72. The molecule has 1 atom stereocenters. The van der Waals surface area contributed by atoms with E-state index in [9.17, 15) is 5.11 Å². The second kappa shape index (κ2) is 3.06. The highest BCUT2D eigenvalue weighted by atomic mass is 16.3. The number of rotatable bonds is 0. The van der Waals surface area contributed by atoms with Crippen LogP contribution in [-0.4, -0.2) is 17.4 Å². The second-order valence-electron chi connectivity index (χ2n) is 3.66. The van der Waals surface area contributed by atoms with Crippen molar-refractivity contribution in [2.24, 2.45) is 0 Å². The quantitative estimate of drug-likeness (QED) is 0.565. The summed E-state index contributed by atoms with van der Waals surface area (Å²) in [6.45, 7) is 0. The maximum atomic E-state index is 9.55. The van der Waals surface area contributed by atoms with Gasteiger partial charge in [0.2, 0.25) is 0 Å². The number of aliphatic hydroxyl groups is 1. The molecule has 1 aliphatic carbocycles.